The lowest BCUT2D eigenvalue weighted by atomic mass is 9.85. The summed E-state index contributed by atoms with van der Waals surface area (Å²) in [6.45, 7) is 6.13. The van der Waals surface area contributed by atoms with Crippen molar-refractivity contribution < 1.29 is 9.59 Å². The maximum Gasteiger partial charge on any atom is 0.211 e. The predicted octanol–water partition coefficient (Wildman–Crippen LogP) is 2.12. The van der Waals surface area contributed by atoms with Crippen LogP contribution in [0.1, 0.15) is 26.3 Å². The first-order valence-electron chi connectivity index (χ1n) is 5.04. The number of anilines is 2. The molecule has 0 aliphatic heterocycles. The van der Waals surface area contributed by atoms with Crippen LogP contribution in [0.2, 0.25) is 0 Å². The van der Waals surface area contributed by atoms with Crippen molar-refractivity contribution in [2.75, 3.05) is 10.6 Å². The highest BCUT2D eigenvalue weighted by Crippen LogP contribution is 2.34. The van der Waals surface area contributed by atoms with Crippen LogP contribution >= 0.6 is 0 Å². The minimum atomic E-state index is -0.105. The SMILES string of the molecule is CC(C)(C)c1cccc(NC=O)c1NC=O. The zero-order valence-corrected chi connectivity index (χ0v) is 9.70. The molecule has 0 fully saturated rings. The quantitative estimate of drug-likeness (QED) is 0.763. The summed E-state index contributed by atoms with van der Waals surface area (Å²) in [5, 5.41) is 5.21. The highest BCUT2D eigenvalue weighted by atomic mass is 16.1. The van der Waals surface area contributed by atoms with Gasteiger partial charge in [-0.05, 0) is 17.0 Å². The van der Waals surface area contributed by atoms with Gasteiger partial charge in [0.15, 0.2) is 0 Å². The van der Waals surface area contributed by atoms with Crippen LogP contribution in [0.3, 0.4) is 0 Å². The van der Waals surface area contributed by atoms with Gasteiger partial charge in [-0.1, -0.05) is 32.9 Å². The van der Waals surface area contributed by atoms with Crippen molar-refractivity contribution in [3.05, 3.63) is 23.8 Å². The first-order chi connectivity index (χ1) is 7.50. The van der Waals surface area contributed by atoms with Crippen molar-refractivity contribution in [2.45, 2.75) is 26.2 Å². The van der Waals surface area contributed by atoms with Crippen molar-refractivity contribution in [2.24, 2.45) is 0 Å². The number of hydrogen-bond donors (Lipinski definition) is 2. The predicted molar refractivity (Wildman–Crippen MR) is 64.5 cm³/mol. The Hall–Kier alpha value is -1.84. The zero-order chi connectivity index (χ0) is 12.2. The lowest BCUT2D eigenvalue weighted by Gasteiger charge is -2.24. The summed E-state index contributed by atoms with van der Waals surface area (Å²) in [4.78, 5) is 21.0. The van der Waals surface area contributed by atoms with E-state index in [1.165, 1.54) is 0 Å². The molecule has 16 heavy (non-hydrogen) atoms. The third-order valence-electron chi connectivity index (χ3n) is 2.29. The Labute approximate surface area is 95.0 Å². The molecule has 0 aromatic heterocycles. The molecule has 0 saturated carbocycles. The van der Waals surface area contributed by atoms with Crippen LogP contribution in [0.25, 0.3) is 0 Å². The third kappa shape index (κ3) is 2.59. The zero-order valence-electron chi connectivity index (χ0n) is 9.70. The molecule has 0 aliphatic rings. The topological polar surface area (TPSA) is 58.2 Å². The fourth-order valence-electron chi connectivity index (χ4n) is 1.58. The largest absolute Gasteiger partial charge is 0.327 e. The highest BCUT2D eigenvalue weighted by Gasteiger charge is 2.19. The Morgan fingerprint density at radius 1 is 1.06 bits per heavy atom. The molecule has 0 aliphatic carbocycles. The Morgan fingerprint density at radius 3 is 2.19 bits per heavy atom. The number of hydrogen-bond acceptors (Lipinski definition) is 2. The second-order valence-electron chi connectivity index (χ2n) is 4.50. The smallest absolute Gasteiger partial charge is 0.211 e. The van der Waals surface area contributed by atoms with Gasteiger partial charge in [0.25, 0.3) is 0 Å². The van der Waals surface area contributed by atoms with Crippen molar-refractivity contribution >= 4 is 24.2 Å². The maximum absolute atomic E-state index is 10.6. The fourth-order valence-corrected chi connectivity index (χ4v) is 1.58. The lowest BCUT2D eigenvalue weighted by Crippen LogP contribution is -2.16. The number of para-hydroxylation sites is 1. The van der Waals surface area contributed by atoms with E-state index in [4.69, 9.17) is 0 Å². The Kier molecular flexibility index (Phi) is 3.66. The van der Waals surface area contributed by atoms with Crippen LogP contribution in [0.15, 0.2) is 18.2 Å². The summed E-state index contributed by atoms with van der Waals surface area (Å²) in [6, 6.07) is 5.53. The molecule has 0 heterocycles. The molecule has 1 aromatic rings. The molecule has 1 aromatic carbocycles. The van der Waals surface area contributed by atoms with Crippen molar-refractivity contribution in [3.63, 3.8) is 0 Å². The molecule has 2 amide bonds. The fraction of sp³-hybridized carbons (Fsp3) is 0.333. The van der Waals surface area contributed by atoms with Gasteiger partial charge in [-0.3, -0.25) is 9.59 Å². The van der Waals surface area contributed by atoms with E-state index < -0.39 is 0 Å². The molecular formula is C12H16N2O2. The van der Waals surface area contributed by atoms with Gasteiger partial charge >= 0.3 is 0 Å². The molecule has 0 radical (unpaired) electrons. The molecule has 0 saturated heterocycles. The standard InChI is InChI=1S/C12H16N2O2/c1-12(2,3)9-5-4-6-10(13-7-15)11(9)14-8-16/h4-8H,1-3H3,(H,13,15)(H,14,16). The van der Waals surface area contributed by atoms with Gasteiger partial charge in [0, 0.05) is 0 Å². The number of nitrogens with one attached hydrogen (secondary N) is 2. The Bertz CT molecular complexity index is 394. The van der Waals surface area contributed by atoms with E-state index >= 15 is 0 Å². The van der Waals surface area contributed by atoms with Crippen LogP contribution in [-0.4, -0.2) is 12.8 Å². The van der Waals surface area contributed by atoms with E-state index in [2.05, 4.69) is 10.6 Å². The second kappa shape index (κ2) is 4.79. The average molecular weight is 220 g/mol. The third-order valence-corrected chi connectivity index (χ3v) is 2.29. The molecule has 2 N–H and O–H groups in total. The first-order valence-corrected chi connectivity index (χ1v) is 5.04. The van der Waals surface area contributed by atoms with Crippen LogP contribution in [0.5, 0.6) is 0 Å². The molecule has 0 atom stereocenters. The van der Waals surface area contributed by atoms with Crippen LogP contribution in [0.4, 0.5) is 11.4 Å². The average Bonchev–Trinajstić information content (AvgIpc) is 2.19. The molecule has 0 spiro atoms. The van der Waals surface area contributed by atoms with Crippen LogP contribution in [-0.2, 0) is 15.0 Å². The summed E-state index contributed by atoms with van der Waals surface area (Å²) in [5.74, 6) is 0. The molecule has 4 heteroatoms. The van der Waals surface area contributed by atoms with Gasteiger partial charge in [0.05, 0.1) is 11.4 Å². The van der Waals surface area contributed by atoms with Gasteiger partial charge in [-0.2, -0.15) is 0 Å². The molecule has 0 unspecified atom stereocenters. The summed E-state index contributed by atoms with van der Waals surface area (Å²) in [5.41, 5.74) is 2.13. The van der Waals surface area contributed by atoms with Crippen LogP contribution in [0, 0.1) is 0 Å². The molecule has 1 rings (SSSR count). The molecular weight excluding hydrogens is 204 g/mol. The number of carbonyl (C=O) groups is 2. The minimum Gasteiger partial charge on any atom is -0.327 e. The van der Waals surface area contributed by atoms with Crippen molar-refractivity contribution in [3.8, 4) is 0 Å². The van der Waals surface area contributed by atoms with E-state index in [0.29, 0.717) is 24.2 Å². The number of rotatable bonds is 4. The van der Waals surface area contributed by atoms with E-state index in [1.807, 2.05) is 32.9 Å². The number of benzene rings is 1. The summed E-state index contributed by atoms with van der Waals surface area (Å²) in [7, 11) is 0. The summed E-state index contributed by atoms with van der Waals surface area (Å²) >= 11 is 0. The van der Waals surface area contributed by atoms with Crippen LogP contribution < -0.4 is 10.6 Å². The number of amides is 2. The lowest BCUT2D eigenvalue weighted by molar-refractivity contribution is -0.106. The van der Waals surface area contributed by atoms with Gasteiger partial charge < -0.3 is 10.6 Å². The van der Waals surface area contributed by atoms with Gasteiger partial charge in [0.1, 0.15) is 0 Å². The molecule has 86 valence electrons. The second-order valence-corrected chi connectivity index (χ2v) is 4.50. The van der Waals surface area contributed by atoms with E-state index in [0.717, 1.165) is 5.56 Å². The Balaban J connectivity index is 3.31. The monoisotopic (exact) mass is 220 g/mol. The normalized spacial score (nSPS) is 10.7. The minimum absolute atomic E-state index is 0.105. The van der Waals surface area contributed by atoms with Crippen molar-refractivity contribution in [1.82, 2.24) is 0 Å². The molecule has 4 nitrogen and oxygen atoms in total. The van der Waals surface area contributed by atoms with Crippen molar-refractivity contribution in [1.29, 1.82) is 0 Å². The first kappa shape index (κ1) is 12.2. The van der Waals surface area contributed by atoms with E-state index in [9.17, 15) is 9.59 Å². The summed E-state index contributed by atoms with van der Waals surface area (Å²) < 4.78 is 0. The van der Waals surface area contributed by atoms with Gasteiger partial charge in [-0.25, -0.2) is 0 Å². The maximum atomic E-state index is 10.6. The van der Waals surface area contributed by atoms with E-state index in [1.54, 1.807) is 6.07 Å². The number of carbonyl (C=O) groups excluding carboxylic acids is 2. The molecule has 0 bridgehead atoms. The Morgan fingerprint density at radius 2 is 1.69 bits per heavy atom. The van der Waals surface area contributed by atoms with Gasteiger partial charge in [0.2, 0.25) is 12.8 Å². The summed E-state index contributed by atoms with van der Waals surface area (Å²) in [6.07, 6.45) is 1.21. The highest BCUT2D eigenvalue weighted by molar-refractivity contribution is 5.88. The van der Waals surface area contributed by atoms with Gasteiger partial charge in [-0.15, -0.1) is 0 Å². The van der Waals surface area contributed by atoms with E-state index in [-0.39, 0.29) is 5.41 Å².